The summed E-state index contributed by atoms with van der Waals surface area (Å²) in [4.78, 5) is 18.1. The topological polar surface area (TPSA) is 42.0 Å². The highest BCUT2D eigenvalue weighted by molar-refractivity contribution is 7.99. The van der Waals surface area contributed by atoms with Crippen LogP contribution < -0.4 is 9.47 Å². The van der Waals surface area contributed by atoms with Crippen LogP contribution in [0.2, 0.25) is 0 Å². The second-order valence-corrected chi connectivity index (χ2v) is 12.7. The van der Waals surface area contributed by atoms with Crippen LogP contribution in [0.25, 0.3) is 5.57 Å². The van der Waals surface area contributed by atoms with Crippen molar-refractivity contribution < 1.29 is 14.3 Å². The zero-order valence-corrected chi connectivity index (χ0v) is 23.4. The third-order valence-corrected chi connectivity index (χ3v) is 9.25. The largest absolute Gasteiger partial charge is 0.481 e. The van der Waals surface area contributed by atoms with Crippen molar-refractivity contribution in [1.29, 1.82) is 0 Å². The number of carbonyl (C=O) groups is 1. The summed E-state index contributed by atoms with van der Waals surface area (Å²) in [6.45, 7) is 12.1. The van der Waals surface area contributed by atoms with E-state index in [1.807, 2.05) is 11.8 Å². The van der Waals surface area contributed by atoms with Crippen LogP contribution in [0.5, 0.6) is 11.5 Å². The van der Waals surface area contributed by atoms with Gasteiger partial charge in [-0.05, 0) is 81.7 Å². The fourth-order valence-corrected chi connectivity index (χ4v) is 7.50. The quantitative estimate of drug-likeness (QED) is 0.213. The number of piperidine rings is 1. The van der Waals surface area contributed by atoms with Gasteiger partial charge in [-0.1, -0.05) is 26.2 Å². The summed E-state index contributed by atoms with van der Waals surface area (Å²) in [5, 5.41) is 0. The van der Waals surface area contributed by atoms with Gasteiger partial charge in [-0.15, -0.1) is 0 Å². The standard InChI is InChI=1S/C30H44N2O3S/c1-4-5-6-7-9-22-20-24(34-26(33)10-8-13-31-16-18-36-19-17-31)28-25(21-22)35-30(2,3)29-27(28)23-11-14-32(29)15-12-23/h20-21,23H,4-19H2,1-3H3. The lowest BCUT2D eigenvalue weighted by molar-refractivity contribution is -0.134. The van der Waals surface area contributed by atoms with E-state index in [4.69, 9.17) is 9.47 Å². The molecule has 6 rings (SSSR count). The van der Waals surface area contributed by atoms with Crippen LogP contribution in [0.4, 0.5) is 0 Å². The van der Waals surface area contributed by atoms with Gasteiger partial charge in [0, 0.05) is 44.1 Å². The van der Waals surface area contributed by atoms with Gasteiger partial charge in [-0.2, -0.15) is 11.8 Å². The number of ether oxygens (including phenoxy) is 2. The van der Waals surface area contributed by atoms with Crippen LogP contribution >= 0.6 is 11.8 Å². The molecular formula is C30H44N2O3S. The number of carbonyl (C=O) groups excluding carboxylic acids is 1. The van der Waals surface area contributed by atoms with E-state index in [1.165, 1.54) is 60.4 Å². The Morgan fingerprint density at radius 1 is 1.08 bits per heavy atom. The minimum Gasteiger partial charge on any atom is -0.481 e. The molecular weight excluding hydrogens is 468 g/mol. The average molecular weight is 513 g/mol. The molecule has 2 fully saturated rings. The van der Waals surface area contributed by atoms with E-state index in [-0.39, 0.29) is 11.6 Å². The molecule has 0 saturated carbocycles. The first-order chi connectivity index (χ1) is 17.5. The van der Waals surface area contributed by atoms with Crippen molar-refractivity contribution in [2.45, 2.75) is 84.2 Å². The Hall–Kier alpha value is -1.66. The molecule has 0 aromatic heterocycles. The normalized spacial score (nSPS) is 21.2. The predicted octanol–water partition coefficient (Wildman–Crippen LogP) is 6.15. The van der Waals surface area contributed by atoms with Crippen molar-refractivity contribution in [3.63, 3.8) is 0 Å². The van der Waals surface area contributed by atoms with Gasteiger partial charge in [0.05, 0.1) is 11.3 Å². The maximum atomic E-state index is 13.1. The van der Waals surface area contributed by atoms with Gasteiger partial charge >= 0.3 is 5.97 Å². The van der Waals surface area contributed by atoms with E-state index in [2.05, 4.69) is 42.7 Å². The maximum Gasteiger partial charge on any atom is 0.311 e. The number of hydrogen-bond acceptors (Lipinski definition) is 6. The SMILES string of the molecule is CCCCCCc1cc(OC(=O)CCCN2CCSCC2)c2c(c1)OC(C)(C)C1=C2C2CCN1CC2. The fourth-order valence-electron chi connectivity index (χ4n) is 6.52. The van der Waals surface area contributed by atoms with E-state index < -0.39 is 0 Å². The molecule has 2 saturated heterocycles. The Kier molecular flexibility index (Phi) is 8.21. The van der Waals surface area contributed by atoms with Crippen molar-refractivity contribution >= 4 is 23.3 Å². The Labute approximate surface area is 222 Å². The lowest BCUT2D eigenvalue weighted by Crippen LogP contribution is -2.51. The molecule has 36 heavy (non-hydrogen) atoms. The van der Waals surface area contributed by atoms with Gasteiger partial charge in [0.2, 0.25) is 0 Å². The molecule has 0 aliphatic carbocycles. The van der Waals surface area contributed by atoms with E-state index >= 15 is 0 Å². The second kappa shape index (κ2) is 11.4. The molecule has 0 spiro atoms. The maximum absolute atomic E-state index is 13.1. The molecule has 2 bridgehead atoms. The first-order valence-corrected chi connectivity index (χ1v) is 15.5. The smallest absolute Gasteiger partial charge is 0.311 e. The van der Waals surface area contributed by atoms with E-state index in [0.717, 1.165) is 69.0 Å². The van der Waals surface area contributed by atoms with Gasteiger partial charge < -0.3 is 19.3 Å². The summed E-state index contributed by atoms with van der Waals surface area (Å²) in [5.41, 5.74) is 4.60. The minimum absolute atomic E-state index is 0.111. The van der Waals surface area contributed by atoms with Crippen molar-refractivity contribution in [2.24, 2.45) is 5.92 Å². The summed E-state index contributed by atoms with van der Waals surface area (Å²) in [5.74, 6) is 4.46. The van der Waals surface area contributed by atoms with Gasteiger partial charge in [-0.3, -0.25) is 4.79 Å². The van der Waals surface area contributed by atoms with Crippen LogP contribution in [0.1, 0.15) is 83.3 Å². The van der Waals surface area contributed by atoms with Gasteiger partial charge in [0.15, 0.2) is 0 Å². The van der Waals surface area contributed by atoms with Gasteiger partial charge in [0.25, 0.3) is 0 Å². The molecule has 0 N–H and O–H groups in total. The zero-order valence-electron chi connectivity index (χ0n) is 22.6. The first kappa shape index (κ1) is 26.0. The number of rotatable bonds is 10. The molecule has 0 radical (unpaired) electrons. The number of fused-ring (bicyclic) bond motifs is 3. The van der Waals surface area contributed by atoms with Crippen molar-refractivity contribution in [1.82, 2.24) is 9.80 Å². The van der Waals surface area contributed by atoms with Crippen molar-refractivity contribution in [2.75, 3.05) is 44.2 Å². The fraction of sp³-hybridized carbons (Fsp3) is 0.700. The molecule has 5 nitrogen and oxygen atoms in total. The molecule has 1 aromatic rings. The van der Waals surface area contributed by atoms with Gasteiger partial charge in [-0.25, -0.2) is 0 Å². The zero-order chi connectivity index (χ0) is 25.1. The minimum atomic E-state index is -0.365. The van der Waals surface area contributed by atoms with Crippen LogP contribution in [0.15, 0.2) is 17.8 Å². The van der Waals surface area contributed by atoms with Crippen LogP contribution in [0.3, 0.4) is 0 Å². The van der Waals surface area contributed by atoms with Crippen molar-refractivity contribution in [3.05, 3.63) is 29.0 Å². The summed E-state index contributed by atoms with van der Waals surface area (Å²) in [7, 11) is 0. The lowest BCUT2D eigenvalue weighted by atomic mass is 9.74. The number of allylic oxidation sites excluding steroid dienone is 1. The number of hydrogen-bond donors (Lipinski definition) is 0. The predicted molar refractivity (Wildman–Crippen MR) is 149 cm³/mol. The Morgan fingerprint density at radius 3 is 2.61 bits per heavy atom. The number of nitrogens with zero attached hydrogens (tertiary/aromatic N) is 2. The highest BCUT2D eigenvalue weighted by atomic mass is 32.2. The summed E-state index contributed by atoms with van der Waals surface area (Å²) in [6.07, 6.45) is 9.55. The number of unbranched alkanes of at least 4 members (excludes halogenated alkanes) is 3. The third-order valence-electron chi connectivity index (χ3n) is 8.31. The lowest BCUT2D eigenvalue weighted by Gasteiger charge is -2.51. The molecule has 0 unspecified atom stereocenters. The van der Waals surface area contributed by atoms with Crippen LogP contribution in [-0.2, 0) is 11.2 Å². The Balaban J connectivity index is 1.39. The molecule has 5 aliphatic heterocycles. The second-order valence-electron chi connectivity index (χ2n) is 11.4. The van der Waals surface area contributed by atoms with E-state index in [9.17, 15) is 4.79 Å². The molecule has 6 heteroatoms. The molecule has 198 valence electrons. The summed E-state index contributed by atoms with van der Waals surface area (Å²) >= 11 is 2.02. The number of benzene rings is 1. The van der Waals surface area contributed by atoms with E-state index in [0.29, 0.717) is 12.3 Å². The number of esters is 1. The Bertz CT molecular complexity index is 975. The third kappa shape index (κ3) is 5.60. The molecule has 0 atom stereocenters. The summed E-state index contributed by atoms with van der Waals surface area (Å²) < 4.78 is 12.9. The first-order valence-electron chi connectivity index (χ1n) is 14.3. The Morgan fingerprint density at radius 2 is 1.86 bits per heavy atom. The molecule has 1 aromatic carbocycles. The molecule has 5 aliphatic rings. The average Bonchev–Trinajstić information content (AvgIpc) is 2.87. The number of aryl methyl sites for hydroxylation is 1. The van der Waals surface area contributed by atoms with E-state index in [1.54, 1.807) is 0 Å². The summed E-state index contributed by atoms with van der Waals surface area (Å²) in [6, 6.07) is 4.38. The highest BCUT2D eigenvalue weighted by Crippen LogP contribution is 2.54. The molecule has 5 heterocycles. The van der Waals surface area contributed by atoms with Gasteiger partial charge in [0.1, 0.15) is 17.1 Å². The van der Waals surface area contributed by atoms with Crippen LogP contribution in [-0.4, -0.2) is 65.6 Å². The highest BCUT2D eigenvalue weighted by Gasteiger charge is 2.46. The van der Waals surface area contributed by atoms with Crippen molar-refractivity contribution in [3.8, 4) is 11.5 Å². The number of thioether (sulfide) groups is 1. The molecule has 0 amide bonds. The van der Waals surface area contributed by atoms with Crippen LogP contribution in [0, 0.1) is 5.92 Å². The monoisotopic (exact) mass is 512 g/mol.